The lowest BCUT2D eigenvalue weighted by atomic mass is 10.4. The van der Waals surface area contributed by atoms with Crippen LogP contribution in [0.25, 0.3) is 0 Å². The van der Waals surface area contributed by atoms with Crippen molar-refractivity contribution in [3.63, 3.8) is 0 Å². The van der Waals surface area contributed by atoms with Crippen molar-refractivity contribution in [2.24, 2.45) is 0 Å². The first kappa shape index (κ1) is 9.34. The molecule has 14 heavy (non-hydrogen) atoms. The summed E-state index contributed by atoms with van der Waals surface area (Å²) in [5, 5.41) is 7.15. The van der Waals surface area contributed by atoms with Gasteiger partial charge < -0.3 is 0 Å². The summed E-state index contributed by atoms with van der Waals surface area (Å²) in [6, 6.07) is 10.3. The number of H-pyrrole nitrogens is 1. The topological polar surface area (TPSA) is 28.7 Å². The number of hydrogen-bond donors (Lipinski definition) is 1. The van der Waals surface area contributed by atoms with Gasteiger partial charge in [0.2, 0.25) is 0 Å². The monoisotopic (exact) mass is 204 g/mol. The van der Waals surface area contributed by atoms with E-state index in [1.54, 1.807) is 11.8 Å². The summed E-state index contributed by atoms with van der Waals surface area (Å²) in [6.07, 6.45) is 0. The molecule has 2 aromatic rings. The molecule has 0 aliphatic carbocycles. The molecule has 0 aliphatic rings. The zero-order chi connectivity index (χ0) is 9.97. The normalized spacial score (nSPS) is 10.4. The third-order valence-electron chi connectivity index (χ3n) is 2.02. The second kappa shape index (κ2) is 3.88. The fourth-order valence-electron chi connectivity index (χ4n) is 1.30. The summed E-state index contributed by atoms with van der Waals surface area (Å²) in [5.74, 6) is 0. The Morgan fingerprint density at radius 1 is 1.14 bits per heavy atom. The summed E-state index contributed by atoms with van der Waals surface area (Å²) in [4.78, 5) is 2.48. The molecule has 1 aromatic heterocycles. The highest BCUT2D eigenvalue weighted by atomic mass is 32.2. The van der Waals surface area contributed by atoms with E-state index in [0.29, 0.717) is 0 Å². The molecule has 1 N–H and O–H groups in total. The molecule has 3 heteroatoms. The lowest BCUT2D eigenvalue weighted by Crippen LogP contribution is -1.77. The molecule has 2 rings (SSSR count). The van der Waals surface area contributed by atoms with E-state index in [0.717, 1.165) is 11.4 Å². The van der Waals surface area contributed by atoms with Crippen LogP contribution in [0.2, 0.25) is 0 Å². The molecular formula is C11H12N2S. The van der Waals surface area contributed by atoms with Gasteiger partial charge in [0.25, 0.3) is 0 Å². The van der Waals surface area contributed by atoms with E-state index >= 15 is 0 Å². The highest BCUT2D eigenvalue weighted by Crippen LogP contribution is 2.31. The van der Waals surface area contributed by atoms with Crippen LogP contribution in [0.1, 0.15) is 11.4 Å². The third kappa shape index (κ3) is 1.82. The van der Waals surface area contributed by atoms with E-state index in [9.17, 15) is 0 Å². The number of rotatable bonds is 2. The molecule has 1 heterocycles. The van der Waals surface area contributed by atoms with E-state index in [-0.39, 0.29) is 0 Å². The predicted octanol–water partition coefficient (Wildman–Crippen LogP) is 3.18. The van der Waals surface area contributed by atoms with Crippen molar-refractivity contribution in [3.8, 4) is 0 Å². The summed E-state index contributed by atoms with van der Waals surface area (Å²) in [6.45, 7) is 4.07. The van der Waals surface area contributed by atoms with Crippen LogP contribution in [0.15, 0.2) is 40.1 Å². The van der Waals surface area contributed by atoms with Crippen molar-refractivity contribution >= 4 is 11.8 Å². The number of aromatic nitrogens is 2. The molecule has 0 fully saturated rings. The predicted molar refractivity (Wildman–Crippen MR) is 58.6 cm³/mol. The molecule has 0 bridgehead atoms. The van der Waals surface area contributed by atoms with Crippen LogP contribution < -0.4 is 0 Å². The number of hydrogen-bond acceptors (Lipinski definition) is 2. The quantitative estimate of drug-likeness (QED) is 0.814. The zero-order valence-corrected chi connectivity index (χ0v) is 9.06. The van der Waals surface area contributed by atoms with Crippen LogP contribution in [-0.2, 0) is 0 Å². The molecule has 2 nitrogen and oxygen atoms in total. The van der Waals surface area contributed by atoms with Crippen LogP contribution in [0.5, 0.6) is 0 Å². The number of benzene rings is 1. The van der Waals surface area contributed by atoms with Gasteiger partial charge in [-0.15, -0.1) is 0 Å². The average molecular weight is 204 g/mol. The van der Waals surface area contributed by atoms with Crippen LogP contribution in [-0.4, -0.2) is 10.2 Å². The average Bonchev–Trinajstić information content (AvgIpc) is 2.51. The Hall–Kier alpha value is -1.22. The van der Waals surface area contributed by atoms with E-state index < -0.39 is 0 Å². The summed E-state index contributed by atoms with van der Waals surface area (Å²) >= 11 is 1.75. The van der Waals surface area contributed by atoms with E-state index in [4.69, 9.17) is 0 Å². The fourth-order valence-corrected chi connectivity index (χ4v) is 2.22. The van der Waals surface area contributed by atoms with Gasteiger partial charge in [0.05, 0.1) is 10.6 Å². The molecule has 0 atom stereocenters. The van der Waals surface area contributed by atoms with Crippen LogP contribution in [0, 0.1) is 13.8 Å². The van der Waals surface area contributed by atoms with Gasteiger partial charge in [-0.3, -0.25) is 5.10 Å². The molecule has 1 aromatic carbocycles. The van der Waals surface area contributed by atoms with Gasteiger partial charge in [-0.1, -0.05) is 30.0 Å². The van der Waals surface area contributed by atoms with Crippen LogP contribution in [0.4, 0.5) is 0 Å². The van der Waals surface area contributed by atoms with Gasteiger partial charge in [-0.2, -0.15) is 5.10 Å². The number of aromatic amines is 1. The SMILES string of the molecule is Cc1n[nH]c(C)c1Sc1ccccc1. The van der Waals surface area contributed by atoms with Gasteiger partial charge in [0, 0.05) is 10.6 Å². The fraction of sp³-hybridized carbons (Fsp3) is 0.182. The highest BCUT2D eigenvalue weighted by Gasteiger charge is 2.06. The van der Waals surface area contributed by atoms with Gasteiger partial charge >= 0.3 is 0 Å². The highest BCUT2D eigenvalue weighted by molar-refractivity contribution is 7.99. The zero-order valence-electron chi connectivity index (χ0n) is 8.24. The van der Waals surface area contributed by atoms with Crippen molar-refractivity contribution in [1.82, 2.24) is 10.2 Å². The second-order valence-electron chi connectivity index (χ2n) is 3.18. The molecular weight excluding hydrogens is 192 g/mol. The van der Waals surface area contributed by atoms with Crippen molar-refractivity contribution in [2.45, 2.75) is 23.6 Å². The van der Waals surface area contributed by atoms with Crippen molar-refractivity contribution < 1.29 is 0 Å². The first-order valence-corrected chi connectivity index (χ1v) is 5.33. The number of nitrogens with zero attached hydrogens (tertiary/aromatic N) is 1. The smallest absolute Gasteiger partial charge is 0.0733 e. The largest absolute Gasteiger partial charge is 0.281 e. The molecule has 0 unspecified atom stereocenters. The lowest BCUT2D eigenvalue weighted by Gasteiger charge is -2.00. The maximum atomic E-state index is 4.17. The maximum absolute atomic E-state index is 4.17. The number of aryl methyl sites for hydroxylation is 2. The second-order valence-corrected chi connectivity index (χ2v) is 4.26. The molecule has 72 valence electrons. The Labute approximate surface area is 87.7 Å². The van der Waals surface area contributed by atoms with Gasteiger partial charge in [-0.05, 0) is 26.0 Å². The standard InChI is InChI=1S/C11H12N2S/c1-8-11(9(2)13-12-8)14-10-6-4-3-5-7-10/h3-7H,1-2H3,(H,12,13). The molecule has 0 aliphatic heterocycles. The van der Waals surface area contributed by atoms with Crippen LogP contribution >= 0.6 is 11.8 Å². The Morgan fingerprint density at radius 3 is 2.43 bits per heavy atom. The molecule has 0 saturated heterocycles. The Kier molecular flexibility index (Phi) is 2.59. The molecule has 0 saturated carbocycles. The minimum absolute atomic E-state index is 1.07. The van der Waals surface area contributed by atoms with Crippen LogP contribution in [0.3, 0.4) is 0 Å². The van der Waals surface area contributed by atoms with Gasteiger partial charge in [0.15, 0.2) is 0 Å². The van der Waals surface area contributed by atoms with Crippen molar-refractivity contribution in [2.75, 3.05) is 0 Å². The van der Waals surface area contributed by atoms with Gasteiger partial charge in [0.1, 0.15) is 0 Å². The summed E-state index contributed by atoms with van der Waals surface area (Å²) in [5.41, 5.74) is 2.20. The Bertz CT molecular complexity index is 401. The molecule has 0 amide bonds. The van der Waals surface area contributed by atoms with Gasteiger partial charge in [-0.25, -0.2) is 0 Å². The van der Waals surface area contributed by atoms with E-state index in [1.165, 1.54) is 9.79 Å². The first-order valence-electron chi connectivity index (χ1n) is 4.52. The number of nitrogens with one attached hydrogen (secondary N) is 1. The van der Waals surface area contributed by atoms with Crippen molar-refractivity contribution in [1.29, 1.82) is 0 Å². The minimum Gasteiger partial charge on any atom is -0.281 e. The Morgan fingerprint density at radius 2 is 1.86 bits per heavy atom. The molecule has 0 spiro atoms. The first-order chi connectivity index (χ1) is 6.77. The lowest BCUT2D eigenvalue weighted by molar-refractivity contribution is 1.02. The third-order valence-corrected chi connectivity index (χ3v) is 3.34. The Balaban J connectivity index is 2.27. The maximum Gasteiger partial charge on any atom is 0.0733 e. The summed E-state index contributed by atoms with van der Waals surface area (Å²) in [7, 11) is 0. The van der Waals surface area contributed by atoms with Crippen molar-refractivity contribution in [3.05, 3.63) is 41.7 Å². The van der Waals surface area contributed by atoms with E-state index in [1.807, 2.05) is 32.0 Å². The minimum atomic E-state index is 1.07. The molecule has 0 radical (unpaired) electrons. The summed E-state index contributed by atoms with van der Waals surface area (Å²) < 4.78 is 0. The van der Waals surface area contributed by atoms with E-state index in [2.05, 4.69) is 22.3 Å².